The van der Waals surface area contributed by atoms with E-state index in [9.17, 15) is 29.3 Å². The third kappa shape index (κ3) is 4.53. The number of fused-ring (bicyclic) bond motifs is 1. The van der Waals surface area contributed by atoms with Crippen molar-refractivity contribution in [3.05, 3.63) is 46.5 Å². The summed E-state index contributed by atoms with van der Waals surface area (Å²) in [6, 6.07) is 5.21. The van der Waals surface area contributed by atoms with Gasteiger partial charge >= 0.3 is 5.97 Å². The zero-order valence-corrected chi connectivity index (χ0v) is 16.3. The molecule has 0 saturated carbocycles. The minimum absolute atomic E-state index is 0.0831. The minimum atomic E-state index is -1.12. The number of rotatable bonds is 7. The number of carbonyl (C=O) groups is 4. The second-order valence-electron chi connectivity index (χ2n) is 7.16. The highest BCUT2D eigenvalue weighted by molar-refractivity contribution is 6.05. The molecule has 0 bridgehead atoms. The first-order valence-corrected chi connectivity index (χ1v) is 9.53. The Balaban J connectivity index is 1.47. The zero-order chi connectivity index (χ0) is 21.8. The number of carbonyl (C=O) groups excluding carboxylic acids is 4. The molecule has 1 aromatic rings. The number of non-ortho nitro benzene ring substituents is 1. The van der Waals surface area contributed by atoms with Gasteiger partial charge in [-0.05, 0) is 31.9 Å². The van der Waals surface area contributed by atoms with Crippen molar-refractivity contribution < 1.29 is 28.8 Å². The van der Waals surface area contributed by atoms with E-state index in [4.69, 9.17) is 4.74 Å². The number of nitro benzene ring substituents is 1. The summed E-state index contributed by atoms with van der Waals surface area (Å²) in [5.74, 6) is -2.58. The summed E-state index contributed by atoms with van der Waals surface area (Å²) in [5.41, 5.74) is 0.201. The lowest BCUT2D eigenvalue weighted by atomic mass is 9.85. The molecule has 3 atom stereocenters. The Hall–Kier alpha value is -3.56. The molecular weight excluding hydrogens is 394 g/mol. The Kier molecular flexibility index (Phi) is 6.24. The number of nitrogens with zero attached hydrogens (tertiary/aromatic N) is 2. The normalized spacial score (nSPS) is 21.2. The number of hydrogen-bond donors (Lipinski definition) is 1. The van der Waals surface area contributed by atoms with Crippen molar-refractivity contribution in [1.29, 1.82) is 0 Å². The highest BCUT2D eigenvalue weighted by atomic mass is 16.6. The summed E-state index contributed by atoms with van der Waals surface area (Å²) in [6.07, 6.45) is 3.49. The number of ether oxygens (including phenoxy) is 1. The predicted molar refractivity (Wildman–Crippen MR) is 104 cm³/mol. The molecule has 0 spiro atoms. The standard InChI is InChI=1S/C20H21N3O7/c1-12(18(25)21-13-6-8-14(9-7-13)23(28)29)30-17(24)10-11-22-19(26)15-4-2-3-5-16(15)20(22)27/h2-3,6-9,12,15-16H,4-5,10-11H2,1H3,(H,21,25)/t12-,15-,16+/m0/s1. The molecule has 3 rings (SSSR count). The molecule has 0 aromatic heterocycles. The number of likely N-dealkylation sites (tertiary alicyclic amines) is 1. The fourth-order valence-electron chi connectivity index (χ4n) is 3.51. The average molecular weight is 415 g/mol. The van der Waals surface area contributed by atoms with Gasteiger partial charge in [-0.2, -0.15) is 0 Å². The zero-order valence-electron chi connectivity index (χ0n) is 16.3. The number of nitro groups is 1. The molecule has 3 amide bonds. The van der Waals surface area contributed by atoms with Gasteiger partial charge in [-0.15, -0.1) is 0 Å². The molecule has 158 valence electrons. The summed E-state index contributed by atoms with van der Waals surface area (Å²) < 4.78 is 5.07. The number of amides is 3. The number of benzene rings is 1. The predicted octanol–water partition coefficient (Wildman–Crippen LogP) is 1.81. The van der Waals surface area contributed by atoms with Gasteiger partial charge in [0, 0.05) is 24.4 Å². The summed E-state index contributed by atoms with van der Waals surface area (Å²) in [4.78, 5) is 60.2. The van der Waals surface area contributed by atoms with Gasteiger partial charge in [0.15, 0.2) is 6.10 Å². The smallest absolute Gasteiger partial charge is 0.308 e. The van der Waals surface area contributed by atoms with Crippen molar-refractivity contribution in [1.82, 2.24) is 4.90 Å². The molecule has 0 unspecified atom stereocenters. The molecule has 10 heteroatoms. The Morgan fingerprint density at radius 2 is 1.73 bits per heavy atom. The molecule has 1 fully saturated rings. The quantitative estimate of drug-likeness (QED) is 0.236. The van der Waals surface area contributed by atoms with E-state index in [0.29, 0.717) is 18.5 Å². The van der Waals surface area contributed by atoms with Crippen molar-refractivity contribution in [2.45, 2.75) is 32.3 Å². The lowest BCUT2D eigenvalue weighted by Gasteiger charge is -2.16. The van der Waals surface area contributed by atoms with E-state index >= 15 is 0 Å². The number of anilines is 1. The van der Waals surface area contributed by atoms with Gasteiger partial charge in [-0.3, -0.25) is 34.2 Å². The van der Waals surface area contributed by atoms with E-state index < -0.39 is 22.9 Å². The van der Waals surface area contributed by atoms with Crippen molar-refractivity contribution in [2.24, 2.45) is 11.8 Å². The van der Waals surface area contributed by atoms with Crippen molar-refractivity contribution >= 4 is 35.1 Å². The molecule has 2 aliphatic rings. The largest absolute Gasteiger partial charge is 0.452 e. The molecule has 1 N–H and O–H groups in total. The van der Waals surface area contributed by atoms with Crippen molar-refractivity contribution in [3.8, 4) is 0 Å². The second kappa shape index (κ2) is 8.85. The molecular formula is C20H21N3O7. The number of esters is 1. The molecule has 1 aliphatic heterocycles. The van der Waals surface area contributed by atoms with Crippen LogP contribution < -0.4 is 5.32 Å². The molecule has 10 nitrogen and oxygen atoms in total. The lowest BCUT2D eigenvalue weighted by molar-refractivity contribution is -0.384. The fourth-order valence-corrected chi connectivity index (χ4v) is 3.51. The van der Waals surface area contributed by atoms with Crippen LogP contribution in [0.25, 0.3) is 0 Å². The molecule has 1 heterocycles. The van der Waals surface area contributed by atoms with Crippen LogP contribution in [0.4, 0.5) is 11.4 Å². The first-order valence-electron chi connectivity index (χ1n) is 9.53. The maximum absolute atomic E-state index is 12.4. The number of hydrogen-bond acceptors (Lipinski definition) is 7. The van der Waals surface area contributed by atoms with Crippen LogP contribution in [-0.2, 0) is 23.9 Å². The lowest BCUT2D eigenvalue weighted by Crippen LogP contribution is -2.35. The summed E-state index contributed by atoms with van der Waals surface area (Å²) in [7, 11) is 0. The molecule has 1 aliphatic carbocycles. The average Bonchev–Trinajstić information content (AvgIpc) is 2.97. The van der Waals surface area contributed by atoms with Crippen LogP contribution in [0.5, 0.6) is 0 Å². The van der Waals surface area contributed by atoms with Gasteiger partial charge < -0.3 is 10.1 Å². The van der Waals surface area contributed by atoms with Crippen molar-refractivity contribution in [2.75, 3.05) is 11.9 Å². The number of imide groups is 1. The Morgan fingerprint density at radius 1 is 1.17 bits per heavy atom. The molecule has 0 radical (unpaired) electrons. The number of allylic oxidation sites excluding steroid dienone is 2. The van der Waals surface area contributed by atoms with Crippen LogP contribution in [0.1, 0.15) is 26.2 Å². The minimum Gasteiger partial charge on any atom is -0.452 e. The third-order valence-corrected chi connectivity index (χ3v) is 5.16. The van der Waals surface area contributed by atoms with Crippen LogP contribution in [0, 0.1) is 22.0 Å². The first-order chi connectivity index (χ1) is 14.3. The van der Waals surface area contributed by atoms with Crippen LogP contribution in [0.2, 0.25) is 0 Å². The second-order valence-corrected chi connectivity index (χ2v) is 7.16. The van der Waals surface area contributed by atoms with E-state index in [1.165, 1.54) is 31.2 Å². The van der Waals surface area contributed by atoms with Crippen molar-refractivity contribution in [3.63, 3.8) is 0 Å². The van der Waals surface area contributed by atoms with E-state index in [0.717, 1.165) is 4.90 Å². The van der Waals surface area contributed by atoms with Crippen LogP contribution in [-0.4, -0.2) is 46.2 Å². The van der Waals surface area contributed by atoms with Crippen LogP contribution in [0.3, 0.4) is 0 Å². The van der Waals surface area contributed by atoms with E-state index in [1.807, 2.05) is 12.2 Å². The monoisotopic (exact) mass is 415 g/mol. The van der Waals surface area contributed by atoms with Gasteiger partial charge in [0.25, 0.3) is 11.6 Å². The summed E-state index contributed by atoms with van der Waals surface area (Å²) in [5, 5.41) is 13.1. The van der Waals surface area contributed by atoms with Gasteiger partial charge in [-0.25, -0.2) is 0 Å². The third-order valence-electron chi connectivity index (χ3n) is 5.16. The SMILES string of the molecule is C[C@H](OC(=O)CCN1C(=O)[C@H]2CC=CC[C@H]2C1=O)C(=O)Nc1ccc([N+](=O)[O-])cc1. The van der Waals surface area contributed by atoms with E-state index in [1.54, 1.807) is 0 Å². The molecule has 1 saturated heterocycles. The van der Waals surface area contributed by atoms with Gasteiger partial charge in [0.05, 0.1) is 23.2 Å². The topological polar surface area (TPSA) is 136 Å². The van der Waals surface area contributed by atoms with Crippen LogP contribution >= 0.6 is 0 Å². The fraction of sp³-hybridized carbons (Fsp3) is 0.400. The van der Waals surface area contributed by atoms with E-state index in [-0.39, 0.29) is 42.3 Å². The maximum Gasteiger partial charge on any atom is 0.308 e. The van der Waals surface area contributed by atoms with Gasteiger partial charge in [0.1, 0.15) is 0 Å². The maximum atomic E-state index is 12.4. The van der Waals surface area contributed by atoms with Crippen LogP contribution in [0.15, 0.2) is 36.4 Å². The Morgan fingerprint density at radius 3 is 2.27 bits per heavy atom. The number of nitrogens with one attached hydrogen (secondary N) is 1. The Bertz CT molecular complexity index is 883. The Labute approximate surface area is 172 Å². The first kappa shape index (κ1) is 21.2. The van der Waals surface area contributed by atoms with E-state index in [2.05, 4.69) is 5.32 Å². The molecule has 30 heavy (non-hydrogen) atoms. The highest BCUT2D eigenvalue weighted by Crippen LogP contribution is 2.35. The molecule has 1 aromatic carbocycles. The van der Waals surface area contributed by atoms with Gasteiger partial charge in [0.2, 0.25) is 11.8 Å². The highest BCUT2D eigenvalue weighted by Gasteiger charge is 2.47. The van der Waals surface area contributed by atoms with Gasteiger partial charge in [-0.1, -0.05) is 12.2 Å². The summed E-state index contributed by atoms with van der Waals surface area (Å²) in [6.45, 7) is 1.30. The summed E-state index contributed by atoms with van der Waals surface area (Å²) >= 11 is 0.